The van der Waals surface area contributed by atoms with Crippen LogP contribution in [0.3, 0.4) is 0 Å². The van der Waals surface area contributed by atoms with Crippen molar-refractivity contribution in [2.24, 2.45) is 4.99 Å². The van der Waals surface area contributed by atoms with Gasteiger partial charge in [-0.3, -0.25) is 4.99 Å². The summed E-state index contributed by atoms with van der Waals surface area (Å²) in [5.74, 6) is 0.988. The Morgan fingerprint density at radius 2 is 2.19 bits per heavy atom. The highest BCUT2D eigenvalue weighted by Gasteiger charge is 2.23. The summed E-state index contributed by atoms with van der Waals surface area (Å²) >= 11 is 7.63. The summed E-state index contributed by atoms with van der Waals surface area (Å²) in [5.41, 5.74) is 0. The van der Waals surface area contributed by atoms with E-state index < -0.39 is 0 Å². The first kappa shape index (κ1) is 19.9. The monoisotopic (exact) mass is 399 g/mol. The number of hydrogen-bond acceptors (Lipinski definition) is 4. The molecule has 0 bridgehead atoms. The Balaban J connectivity index is 1.34. The average Bonchev–Trinajstić information content (AvgIpc) is 3.10. The third-order valence-corrected chi connectivity index (χ3v) is 6.32. The van der Waals surface area contributed by atoms with Crippen LogP contribution in [0.2, 0.25) is 4.34 Å². The Hall–Kier alpha value is -0.820. The van der Waals surface area contributed by atoms with Gasteiger partial charge in [0.05, 0.1) is 23.2 Å². The van der Waals surface area contributed by atoms with Crippen LogP contribution in [0.5, 0.6) is 0 Å². The zero-order valence-corrected chi connectivity index (χ0v) is 17.2. The number of nitrogens with one attached hydrogen (secondary N) is 1. The fourth-order valence-electron chi connectivity index (χ4n) is 3.53. The summed E-state index contributed by atoms with van der Waals surface area (Å²) in [7, 11) is 1.85. The average molecular weight is 400 g/mol. The van der Waals surface area contributed by atoms with E-state index in [4.69, 9.17) is 21.1 Å². The number of hydrogen-bond donors (Lipinski definition) is 1. The first-order valence-electron chi connectivity index (χ1n) is 9.67. The lowest BCUT2D eigenvalue weighted by molar-refractivity contribution is -0.0721. The first-order chi connectivity index (χ1) is 12.7. The number of aliphatic imine (C=N–C) groups is 1. The summed E-state index contributed by atoms with van der Waals surface area (Å²) in [4.78, 5) is 8.07. The van der Waals surface area contributed by atoms with E-state index in [0.717, 1.165) is 68.8 Å². The summed E-state index contributed by atoms with van der Waals surface area (Å²) in [5, 5.41) is 3.47. The molecule has 0 aromatic carbocycles. The second kappa shape index (κ2) is 10.5. The van der Waals surface area contributed by atoms with Gasteiger partial charge in [0, 0.05) is 38.2 Å². The Labute approximate surface area is 165 Å². The number of nitrogens with zero attached hydrogens (tertiary/aromatic N) is 2. The van der Waals surface area contributed by atoms with Crippen molar-refractivity contribution < 1.29 is 9.47 Å². The molecule has 1 N–H and O–H groups in total. The second-order valence-electron chi connectivity index (χ2n) is 6.94. The highest BCUT2D eigenvalue weighted by Crippen LogP contribution is 2.21. The van der Waals surface area contributed by atoms with Gasteiger partial charge in [0.1, 0.15) is 0 Å². The maximum atomic E-state index is 6.10. The number of likely N-dealkylation sites (tertiary alicyclic amines) is 1. The minimum atomic E-state index is 0.307. The van der Waals surface area contributed by atoms with Crippen LogP contribution in [0.4, 0.5) is 0 Å². The second-order valence-corrected chi connectivity index (χ2v) is 8.74. The van der Waals surface area contributed by atoms with Crippen LogP contribution in [0, 0.1) is 0 Å². The maximum absolute atomic E-state index is 6.10. The molecule has 1 aromatic rings. The number of thiophene rings is 1. The number of halogens is 1. The van der Waals surface area contributed by atoms with Crippen LogP contribution in [-0.2, 0) is 15.9 Å². The van der Waals surface area contributed by atoms with Crippen LogP contribution < -0.4 is 5.32 Å². The molecule has 3 rings (SSSR count). The predicted octanol–water partition coefficient (Wildman–Crippen LogP) is 3.57. The highest BCUT2D eigenvalue weighted by molar-refractivity contribution is 7.16. The van der Waals surface area contributed by atoms with Gasteiger partial charge in [0.15, 0.2) is 5.96 Å². The lowest BCUT2D eigenvalue weighted by atomic mass is 10.1. The molecule has 1 unspecified atom stereocenters. The van der Waals surface area contributed by atoms with Crippen molar-refractivity contribution in [2.45, 2.75) is 50.7 Å². The van der Waals surface area contributed by atoms with Crippen molar-refractivity contribution in [3.05, 3.63) is 21.3 Å². The Morgan fingerprint density at radius 3 is 2.85 bits per heavy atom. The molecular weight excluding hydrogens is 370 g/mol. The SMILES string of the molecule is CN=C(NCCc1ccc(Cl)s1)N1CCC(OCC2CCCCO2)CC1. The zero-order valence-electron chi connectivity index (χ0n) is 15.6. The maximum Gasteiger partial charge on any atom is 0.193 e. The van der Waals surface area contributed by atoms with Crippen LogP contribution in [-0.4, -0.2) is 63.0 Å². The molecule has 3 heterocycles. The van der Waals surface area contributed by atoms with Crippen molar-refractivity contribution in [1.82, 2.24) is 10.2 Å². The Bertz CT molecular complexity index is 567. The van der Waals surface area contributed by atoms with Crippen LogP contribution in [0.25, 0.3) is 0 Å². The number of piperidine rings is 1. The molecule has 2 aliphatic rings. The van der Waals surface area contributed by atoms with Crippen LogP contribution >= 0.6 is 22.9 Å². The van der Waals surface area contributed by atoms with Crippen LogP contribution in [0.15, 0.2) is 17.1 Å². The summed E-state index contributed by atoms with van der Waals surface area (Å²) in [6.45, 7) is 4.49. The molecule has 146 valence electrons. The van der Waals surface area contributed by atoms with Gasteiger partial charge in [-0.25, -0.2) is 0 Å². The smallest absolute Gasteiger partial charge is 0.193 e. The predicted molar refractivity (Wildman–Crippen MR) is 109 cm³/mol. The van der Waals surface area contributed by atoms with Crippen molar-refractivity contribution >= 4 is 28.9 Å². The van der Waals surface area contributed by atoms with E-state index in [1.165, 1.54) is 17.7 Å². The third kappa shape index (κ3) is 6.12. The lowest BCUT2D eigenvalue weighted by Gasteiger charge is -2.35. The van der Waals surface area contributed by atoms with Gasteiger partial charge in [-0.05, 0) is 50.7 Å². The molecule has 1 atom stereocenters. The molecule has 2 aliphatic heterocycles. The molecule has 0 radical (unpaired) electrons. The minimum Gasteiger partial charge on any atom is -0.376 e. The van der Waals surface area contributed by atoms with E-state index >= 15 is 0 Å². The van der Waals surface area contributed by atoms with Gasteiger partial charge >= 0.3 is 0 Å². The molecule has 2 fully saturated rings. The van der Waals surface area contributed by atoms with E-state index in [9.17, 15) is 0 Å². The number of guanidine groups is 1. The molecule has 5 nitrogen and oxygen atoms in total. The lowest BCUT2D eigenvalue weighted by Crippen LogP contribution is -2.47. The van der Waals surface area contributed by atoms with Crippen molar-refractivity contribution in [1.29, 1.82) is 0 Å². The summed E-state index contributed by atoms with van der Waals surface area (Å²) in [6.07, 6.45) is 7.33. The van der Waals surface area contributed by atoms with E-state index in [-0.39, 0.29) is 0 Å². The van der Waals surface area contributed by atoms with Crippen molar-refractivity contribution in [2.75, 3.05) is 39.9 Å². The summed E-state index contributed by atoms with van der Waals surface area (Å²) < 4.78 is 12.7. The van der Waals surface area contributed by atoms with Gasteiger partial charge < -0.3 is 19.7 Å². The fraction of sp³-hybridized carbons (Fsp3) is 0.737. The van der Waals surface area contributed by atoms with Crippen molar-refractivity contribution in [3.63, 3.8) is 0 Å². The molecule has 2 saturated heterocycles. The van der Waals surface area contributed by atoms with Crippen molar-refractivity contribution in [3.8, 4) is 0 Å². The molecule has 0 saturated carbocycles. The highest BCUT2D eigenvalue weighted by atomic mass is 35.5. The van der Waals surface area contributed by atoms with Gasteiger partial charge in [0.25, 0.3) is 0 Å². The van der Waals surface area contributed by atoms with E-state index in [1.54, 1.807) is 11.3 Å². The fourth-order valence-corrected chi connectivity index (χ4v) is 4.62. The van der Waals surface area contributed by atoms with Gasteiger partial charge in [-0.2, -0.15) is 0 Å². The molecule has 1 aromatic heterocycles. The molecule has 0 spiro atoms. The third-order valence-electron chi connectivity index (χ3n) is 5.03. The molecular formula is C19H30ClN3O2S. The quantitative estimate of drug-likeness (QED) is 0.586. The molecule has 7 heteroatoms. The summed E-state index contributed by atoms with van der Waals surface area (Å²) in [6, 6.07) is 4.05. The van der Waals surface area contributed by atoms with Gasteiger partial charge in [0.2, 0.25) is 0 Å². The standard InChI is InChI=1S/C19H30ClN3O2S/c1-21-19(22-10-7-17-5-6-18(20)26-17)23-11-8-15(9-12-23)25-14-16-4-2-3-13-24-16/h5-6,15-16H,2-4,7-14H2,1H3,(H,21,22). The van der Waals surface area contributed by atoms with E-state index in [0.29, 0.717) is 12.2 Å². The molecule has 0 amide bonds. The number of rotatable bonds is 6. The Morgan fingerprint density at radius 1 is 1.35 bits per heavy atom. The largest absolute Gasteiger partial charge is 0.376 e. The van der Waals surface area contributed by atoms with E-state index in [1.807, 2.05) is 13.1 Å². The minimum absolute atomic E-state index is 0.307. The zero-order chi connectivity index (χ0) is 18.2. The van der Waals surface area contributed by atoms with Gasteiger partial charge in [-0.15, -0.1) is 11.3 Å². The topological polar surface area (TPSA) is 46.1 Å². The number of ether oxygens (including phenoxy) is 2. The normalized spacial score (nSPS) is 22.6. The Kier molecular flexibility index (Phi) is 8.05. The molecule has 0 aliphatic carbocycles. The first-order valence-corrected chi connectivity index (χ1v) is 10.9. The van der Waals surface area contributed by atoms with Crippen LogP contribution in [0.1, 0.15) is 37.0 Å². The molecule has 26 heavy (non-hydrogen) atoms. The van der Waals surface area contributed by atoms with Gasteiger partial charge in [-0.1, -0.05) is 11.6 Å². The van der Waals surface area contributed by atoms with E-state index in [2.05, 4.69) is 21.3 Å².